The summed E-state index contributed by atoms with van der Waals surface area (Å²) in [6.07, 6.45) is 1.54. The number of rotatable bonds is 7. The normalized spacial score (nSPS) is 10.1. The summed E-state index contributed by atoms with van der Waals surface area (Å²) in [7, 11) is 1.73. The van der Waals surface area contributed by atoms with Gasteiger partial charge in [0, 0.05) is 13.6 Å². The van der Waals surface area contributed by atoms with Gasteiger partial charge in [-0.1, -0.05) is 0 Å². The van der Waals surface area contributed by atoms with E-state index in [4.69, 9.17) is 9.84 Å². The predicted molar refractivity (Wildman–Crippen MR) is 59.7 cm³/mol. The molecule has 0 bridgehead atoms. The number of carboxylic acid groups (broad SMARTS) is 1. The Hall–Kier alpha value is -2.16. The highest BCUT2D eigenvalue weighted by molar-refractivity contribution is 5.73. The molecule has 0 aliphatic rings. The van der Waals surface area contributed by atoms with Crippen molar-refractivity contribution in [3.8, 4) is 0 Å². The fourth-order valence-electron chi connectivity index (χ4n) is 1.08. The minimum absolute atomic E-state index is 0.140. The van der Waals surface area contributed by atoms with Crippen LogP contribution in [0.5, 0.6) is 0 Å². The lowest BCUT2D eigenvalue weighted by molar-refractivity contribution is -0.142. The average Bonchev–Trinajstić information content (AvgIpc) is 2.71. The van der Waals surface area contributed by atoms with Gasteiger partial charge in [0.25, 0.3) is 0 Å². The fourth-order valence-corrected chi connectivity index (χ4v) is 1.08. The van der Waals surface area contributed by atoms with E-state index in [-0.39, 0.29) is 32.3 Å². The zero-order valence-corrected chi connectivity index (χ0v) is 9.92. The number of carboxylic acids is 1. The van der Waals surface area contributed by atoms with Crippen LogP contribution >= 0.6 is 0 Å². The number of aromatic nitrogens is 3. The van der Waals surface area contributed by atoms with Crippen molar-refractivity contribution in [1.29, 1.82) is 0 Å². The topological polar surface area (TPSA) is 118 Å². The van der Waals surface area contributed by atoms with Crippen LogP contribution in [0.15, 0.2) is 6.33 Å². The molecule has 0 aromatic carbocycles. The molecule has 0 unspecified atom stereocenters. The first-order valence-electron chi connectivity index (χ1n) is 5.23. The molecule has 0 spiro atoms. The molecule has 18 heavy (non-hydrogen) atoms. The molecule has 9 nitrogen and oxygen atoms in total. The Bertz CT molecular complexity index is 405. The molecule has 0 radical (unpaired) electrons. The summed E-state index contributed by atoms with van der Waals surface area (Å²) in [5.74, 6) is -0.532. The van der Waals surface area contributed by atoms with Crippen LogP contribution in [0, 0.1) is 0 Å². The van der Waals surface area contributed by atoms with E-state index in [9.17, 15) is 9.59 Å². The Labute approximate surface area is 103 Å². The third kappa shape index (κ3) is 5.80. The molecule has 0 saturated heterocycles. The zero-order chi connectivity index (χ0) is 13.4. The third-order valence-corrected chi connectivity index (χ3v) is 1.81. The number of amides is 2. The number of hydrogen-bond acceptors (Lipinski definition) is 5. The second kappa shape index (κ2) is 7.22. The summed E-state index contributed by atoms with van der Waals surface area (Å²) >= 11 is 0. The van der Waals surface area contributed by atoms with E-state index in [1.807, 2.05) is 0 Å². The molecular formula is C9H15N5O4. The van der Waals surface area contributed by atoms with Gasteiger partial charge in [0.2, 0.25) is 0 Å². The van der Waals surface area contributed by atoms with Crippen molar-refractivity contribution in [1.82, 2.24) is 25.4 Å². The minimum Gasteiger partial charge on any atom is -0.480 e. The summed E-state index contributed by atoms with van der Waals surface area (Å²) in [6.45, 7) is 0.222. The van der Waals surface area contributed by atoms with Gasteiger partial charge in [0.1, 0.15) is 12.9 Å². The monoisotopic (exact) mass is 257 g/mol. The molecule has 1 heterocycles. The SMILES string of the molecule is Cn1cnc(CNC(=O)NCCOCC(=O)O)n1. The van der Waals surface area contributed by atoms with Crippen LogP contribution in [0.25, 0.3) is 0 Å². The lowest BCUT2D eigenvalue weighted by Gasteiger charge is -2.05. The van der Waals surface area contributed by atoms with Crippen molar-refractivity contribution >= 4 is 12.0 Å². The summed E-state index contributed by atoms with van der Waals surface area (Å²) < 4.78 is 6.28. The van der Waals surface area contributed by atoms with E-state index in [1.165, 1.54) is 11.0 Å². The van der Waals surface area contributed by atoms with Gasteiger partial charge in [-0.2, -0.15) is 5.10 Å². The number of carbonyl (C=O) groups is 2. The molecule has 3 N–H and O–H groups in total. The average molecular weight is 257 g/mol. The number of urea groups is 1. The van der Waals surface area contributed by atoms with Gasteiger partial charge < -0.3 is 20.5 Å². The third-order valence-electron chi connectivity index (χ3n) is 1.81. The van der Waals surface area contributed by atoms with Crippen LogP contribution in [0.2, 0.25) is 0 Å². The number of nitrogens with one attached hydrogen (secondary N) is 2. The molecule has 0 atom stereocenters. The largest absolute Gasteiger partial charge is 0.480 e. The van der Waals surface area contributed by atoms with E-state index in [2.05, 4.69) is 20.7 Å². The van der Waals surface area contributed by atoms with Crippen molar-refractivity contribution in [2.45, 2.75) is 6.54 Å². The van der Waals surface area contributed by atoms with Gasteiger partial charge in [0.05, 0.1) is 13.2 Å². The molecule has 0 aliphatic carbocycles. The number of aryl methyl sites for hydroxylation is 1. The molecule has 1 aromatic rings. The maximum atomic E-state index is 11.3. The number of hydrogen-bond donors (Lipinski definition) is 3. The van der Waals surface area contributed by atoms with E-state index in [0.29, 0.717) is 5.82 Å². The second-order valence-electron chi connectivity index (χ2n) is 3.39. The molecule has 100 valence electrons. The van der Waals surface area contributed by atoms with Crippen LogP contribution in [-0.4, -0.2) is 51.6 Å². The van der Waals surface area contributed by atoms with Gasteiger partial charge in [-0.05, 0) is 0 Å². The van der Waals surface area contributed by atoms with Crippen molar-refractivity contribution < 1.29 is 19.4 Å². The Morgan fingerprint density at radius 3 is 2.89 bits per heavy atom. The van der Waals surface area contributed by atoms with E-state index < -0.39 is 5.97 Å². The van der Waals surface area contributed by atoms with Crippen LogP contribution in [0.4, 0.5) is 4.79 Å². The minimum atomic E-state index is -1.04. The number of carbonyl (C=O) groups excluding carboxylic acids is 1. The lowest BCUT2D eigenvalue weighted by Crippen LogP contribution is -2.37. The molecular weight excluding hydrogens is 242 g/mol. The van der Waals surface area contributed by atoms with Crippen LogP contribution in [0.1, 0.15) is 5.82 Å². The summed E-state index contributed by atoms with van der Waals surface area (Å²) in [5, 5.41) is 17.3. The highest BCUT2D eigenvalue weighted by Gasteiger charge is 2.03. The summed E-state index contributed by atoms with van der Waals surface area (Å²) in [4.78, 5) is 25.3. The smallest absolute Gasteiger partial charge is 0.329 e. The quantitative estimate of drug-likeness (QED) is 0.523. The molecule has 2 amide bonds. The maximum Gasteiger partial charge on any atom is 0.329 e. The molecule has 0 saturated carbocycles. The number of nitrogens with zero attached hydrogens (tertiary/aromatic N) is 3. The van der Waals surface area contributed by atoms with Crippen molar-refractivity contribution in [2.75, 3.05) is 19.8 Å². The van der Waals surface area contributed by atoms with Crippen molar-refractivity contribution in [3.05, 3.63) is 12.2 Å². The zero-order valence-electron chi connectivity index (χ0n) is 9.92. The molecule has 9 heteroatoms. The van der Waals surface area contributed by atoms with Gasteiger partial charge in [-0.25, -0.2) is 14.6 Å². The van der Waals surface area contributed by atoms with E-state index >= 15 is 0 Å². The molecule has 0 fully saturated rings. The predicted octanol–water partition coefficient (Wildman–Crippen LogP) is -1.28. The Balaban J connectivity index is 2.05. The molecule has 1 rings (SSSR count). The number of aliphatic carboxylic acids is 1. The molecule has 0 aliphatic heterocycles. The molecule has 1 aromatic heterocycles. The van der Waals surface area contributed by atoms with E-state index in [0.717, 1.165) is 0 Å². The highest BCUT2D eigenvalue weighted by atomic mass is 16.5. The Morgan fingerprint density at radius 1 is 1.50 bits per heavy atom. The van der Waals surface area contributed by atoms with Gasteiger partial charge in [-0.3, -0.25) is 4.68 Å². The summed E-state index contributed by atoms with van der Waals surface area (Å²) in [5.41, 5.74) is 0. The second-order valence-corrected chi connectivity index (χ2v) is 3.39. The summed E-state index contributed by atoms with van der Waals surface area (Å²) in [6, 6.07) is -0.388. The highest BCUT2D eigenvalue weighted by Crippen LogP contribution is 1.86. The van der Waals surface area contributed by atoms with E-state index in [1.54, 1.807) is 7.05 Å². The maximum absolute atomic E-state index is 11.3. The first kappa shape index (κ1) is 13.9. The van der Waals surface area contributed by atoms with Gasteiger partial charge >= 0.3 is 12.0 Å². The van der Waals surface area contributed by atoms with Gasteiger partial charge in [-0.15, -0.1) is 0 Å². The van der Waals surface area contributed by atoms with Crippen molar-refractivity contribution in [3.63, 3.8) is 0 Å². The van der Waals surface area contributed by atoms with Crippen LogP contribution in [-0.2, 0) is 23.1 Å². The lowest BCUT2D eigenvalue weighted by atomic mass is 10.6. The van der Waals surface area contributed by atoms with Crippen LogP contribution in [0.3, 0.4) is 0 Å². The Morgan fingerprint density at radius 2 is 2.28 bits per heavy atom. The first-order chi connectivity index (χ1) is 8.58. The first-order valence-corrected chi connectivity index (χ1v) is 5.23. The van der Waals surface area contributed by atoms with Crippen molar-refractivity contribution in [2.24, 2.45) is 7.05 Å². The number of ether oxygens (including phenoxy) is 1. The standard InChI is InChI=1S/C9H15N5O4/c1-14-6-12-7(13-14)4-11-9(17)10-2-3-18-5-8(15)16/h6H,2-5H2,1H3,(H,15,16)(H2,10,11,17). The van der Waals surface area contributed by atoms with Crippen LogP contribution < -0.4 is 10.6 Å². The Kier molecular flexibility index (Phi) is 5.58. The van der Waals surface area contributed by atoms with Gasteiger partial charge in [0.15, 0.2) is 5.82 Å². The fraction of sp³-hybridized carbons (Fsp3) is 0.556.